The van der Waals surface area contributed by atoms with Gasteiger partial charge in [0.25, 0.3) is 0 Å². The zero-order chi connectivity index (χ0) is 7.71. The first-order chi connectivity index (χ1) is 3.81. The van der Waals surface area contributed by atoms with Crippen molar-refractivity contribution in [2.24, 2.45) is 0 Å². The normalized spacial score (nSPS) is 13.9. The molecule has 0 aliphatic rings. The van der Waals surface area contributed by atoms with Crippen LogP contribution in [0.5, 0.6) is 0 Å². The second kappa shape index (κ2) is 2.74. The lowest BCUT2D eigenvalue weighted by Gasteiger charge is -2.17. The highest BCUT2D eigenvalue weighted by Crippen LogP contribution is 2.56. The highest BCUT2D eigenvalue weighted by atomic mass is 35.5. The minimum atomic E-state index is -4.56. The molecule has 0 saturated heterocycles. The second-order valence-corrected chi connectivity index (χ2v) is 4.74. The number of alkyl halides is 2. The third-order valence-electron chi connectivity index (χ3n) is 0.585. The molecule has 0 rings (SSSR count). The van der Waals surface area contributed by atoms with Gasteiger partial charge in [-0.3, -0.25) is 4.57 Å². The van der Waals surface area contributed by atoms with E-state index in [0.29, 0.717) is 0 Å². The number of ether oxygens (including phenoxy) is 1. The Morgan fingerprint density at radius 2 is 1.89 bits per heavy atom. The van der Waals surface area contributed by atoms with E-state index >= 15 is 0 Å². The average molecular weight is 195 g/mol. The number of hydrogen-bond acceptors (Lipinski definition) is 2. The quantitative estimate of drug-likeness (QED) is 0.507. The topological polar surface area (TPSA) is 66.8 Å². The molecule has 0 unspecified atom stereocenters. The van der Waals surface area contributed by atoms with Gasteiger partial charge >= 0.3 is 11.9 Å². The highest BCUT2D eigenvalue weighted by Gasteiger charge is 2.44. The summed E-state index contributed by atoms with van der Waals surface area (Å²) in [5, 5.41) is 0. The van der Waals surface area contributed by atoms with Gasteiger partial charge in [-0.05, 0) is 0 Å². The molecule has 0 aliphatic carbocycles. The Bertz CT molecular complexity index is 140. The van der Waals surface area contributed by atoms with Gasteiger partial charge in [0.1, 0.15) is 0 Å². The molecule has 56 valence electrons. The molecule has 4 nitrogen and oxygen atoms in total. The van der Waals surface area contributed by atoms with Crippen LogP contribution in [0.1, 0.15) is 0 Å². The molecule has 2 N–H and O–H groups in total. The van der Waals surface area contributed by atoms with Crippen molar-refractivity contribution < 1.29 is 19.1 Å². The third kappa shape index (κ3) is 2.42. The molecule has 9 heavy (non-hydrogen) atoms. The van der Waals surface area contributed by atoms with E-state index in [1.165, 1.54) is 0 Å². The van der Waals surface area contributed by atoms with Crippen LogP contribution in [0.3, 0.4) is 0 Å². The fourth-order valence-electron chi connectivity index (χ4n) is 0.119. The molecule has 0 bridgehead atoms. The summed E-state index contributed by atoms with van der Waals surface area (Å²) >= 11 is 9.95. The van der Waals surface area contributed by atoms with E-state index in [0.717, 1.165) is 7.11 Å². The zero-order valence-corrected chi connectivity index (χ0v) is 6.82. The van der Waals surface area contributed by atoms with Crippen molar-refractivity contribution in [3.8, 4) is 0 Å². The van der Waals surface area contributed by atoms with Crippen LogP contribution < -0.4 is 0 Å². The number of hydrogen-bond donors (Lipinski definition) is 2. The molecule has 0 heterocycles. The maximum atomic E-state index is 10.2. The second-order valence-electron chi connectivity index (χ2n) is 1.23. The highest BCUT2D eigenvalue weighted by molar-refractivity contribution is 7.57. The molecular formula is C2H5Cl2O4P. The summed E-state index contributed by atoms with van der Waals surface area (Å²) in [6.45, 7) is 0. The Balaban J connectivity index is 4.34. The van der Waals surface area contributed by atoms with Crippen LogP contribution in [0.4, 0.5) is 0 Å². The lowest BCUT2D eigenvalue weighted by Crippen LogP contribution is -2.14. The van der Waals surface area contributed by atoms with E-state index in [2.05, 4.69) is 4.74 Å². The molecular weight excluding hydrogens is 190 g/mol. The fourth-order valence-corrected chi connectivity index (χ4v) is 0.357. The first-order valence-electron chi connectivity index (χ1n) is 1.80. The molecule has 0 fully saturated rings. The molecule has 0 amide bonds. The molecule has 7 heteroatoms. The minimum absolute atomic E-state index is 0.999. The van der Waals surface area contributed by atoms with Gasteiger partial charge in [-0.15, -0.1) is 0 Å². The van der Waals surface area contributed by atoms with Crippen LogP contribution in [0, 0.1) is 0 Å². The number of halogens is 2. The van der Waals surface area contributed by atoms with E-state index < -0.39 is 11.9 Å². The fraction of sp³-hybridized carbons (Fsp3) is 1.00. The Morgan fingerprint density at radius 3 is 1.89 bits per heavy atom. The first kappa shape index (κ1) is 9.69. The largest absolute Gasteiger partial charge is 0.388 e. The summed E-state index contributed by atoms with van der Waals surface area (Å²) in [6.07, 6.45) is 0. The Labute approximate surface area is 61.9 Å². The van der Waals surface area contributed by atoms with Gasteiger partial charge < -0.3 is 14.5 Å². The van der Waals surface area contributed by atoms with Crippen molar-refractivity contribution in [3.05, 3.63) is 0 Å². The Morgan fingerprint density at radius 1 is 1.56 bits per heavy atom. The van der Waals surface area contributed by atoms with Gasteiger partial charge in [-0.1, -0.05) is 23.2 Å². The summed E-state index contributed by atoms with van der Waals surface area (Å²) in [5.74, 6) is 0. The van der Waals surface area contributed by atoms with Crippen LogP contribution in [0.2, 0.25) is 0 Å². The van der Waals surface area contributed by atoms with Crippen molar-refractivity contribution in [1.29, 1.82) is 0 Å². The molecule has 0 aromatic carbocycles. The summed E-state index contributed by atoms with van der Waals surface area (Å²) in [7, 11) is -3.56. The third-order valence-corrected chi connectivity index (χ3v) is 3.08. The minimum Gasteiger partial charge on any atom is -0.341 e. The molecule has 0 aliphatic heterocycles. The van der Waals surface area contributed by atoms with Gasteiger partial charge in [0.05, 0.1) is 0 Å². The molecule has 0 aromatic rings. The lowest BCUT2D eigenvalue weighted by molar-refractivity contribution is 0.162. The van der Waals surface area contributed by atoms with Crippen molar-refractivity contribution in [1.82, 2.24) is 0 Å². The van der Waals surface area contributed by atoms with E-state index in [4.69, 9.17) is 33.0 Å². The molecule has 0 saturated carbocycles. The lowest BCUT2D eigenvalue weighted by atomic mass is 11.5. The van der Waals surface area contributed by atoms with Crippen molar-refractivity contribution in [2.45, 2.75) is 4.26 Å². The maximum absolute atomic E-state index is 10.2. The molecule has 0 atom stereocenters. The maximum Gasteiger partial charge on any atom is 0.388 e. The van der Waals surface area contributed by atoms with Crippen LogP contribution in [-0.4, -0.2) is 21.2 Å². The van der Waals surface area contributed by atoms with Gasteiger partial charge in [0, 0.05) is 7.11 Å². The molecule has 0 radical (unpaired) electrons. The van der Waals surface area contributed by atoms with E-state index in [1.54, 1.807) is 0 Å². The van der Waals surface area contributed by atoms with Crippen LogP contribution in [0.25, 0.3) is 0 Å². The van der Waals surface area contributed by atoms with Crippen LogP contribution in [0.15, 0.2) is 0 Å². The molecule has 0 spiro atoms. The SMILES string of the molecule is COC(Cl)(Cl)P(=O)(O)O. The molecule has 0 aromatic heterocycles. The van der Waals surface area contributed by atoms with Crippen molar-refractivity contribution in [2.75, 3.05) is 7.11 Å². The van der Waals surface area contributed by atoms with E-state index in [9.17, 15) is 4.57 Å². The standard InChI is InChI=1S/C2H5Cl2O4P/c1-8-2(3,4)9(5,6)7/h1H3,(H2,5,6,7). The van der Waals surface area contributed by atoms with E-state index in [-0.39, 0.29) is 0 Å². The Hall–Kier alpha value is 0.690. The van der Waals surface area contributed by atoms with E-state index in [1.807, 2.05) is 0 Å². The summed E-state index contributed by atoms with van der Waals surface area (Å²) in [4.78, 5) is 16.5. The predicted molar refractivity (Wildman–Crippen MR) is 33.5 cm³/mol. The van der Waals surface area contributed by atoms with Crippen molar-refractivity contribution in [3.63, 3.8) is 0 Å². The van der Waals surface area contributed by atoms with Gasteiger partial charge in [-0.2, -0.15) is 0 Å². The monoisotopic (exact) mass is 194 g/mol. The smallest absolute Gasteiger partial charge is 0.341 e. The first-order valence-corrected chi connectivity index (χ1v) is 4.16. The zero-order valence-electron chi connectivity index (χ0n) is 4.41. The van der Waals surface area contributed by atoms with Gasteiger partial charge in [0.2, 0.25) is 0 Å². The van der Waals surface area contributed by atoms with Gasteiger partial charge in [0.15, 0.2) is 0 Å². The van der Waals surface area contributed by atoms with Gasteiger partial charge in [-0.25, -0.2) is 0 Å². The summed E-state index contributed by atoms with van der Waals surface area (Å²) in [5.41, 5.74) is 0. The Kier molecular flexibility index (Phi) is 2.95. The van der Waals surface area contributed by atoms with Crippen molar-refractivity contribution >= 4 is 30.8 Å². The predicted octanol–water partition coefficient (Wildman–Crippen LogP) is 0.899. The number of methoxy groups -OCH3 is 1. The summed E-state index contributed by atoms with van der Waals surface area (Å²) in [6, 6.07) is 0. The number of rotatable bonds is 2. The average Bonchev–Trinajstić information content (AvgIpc) is 1.64. The van der Waals surface area contributed by atoms with Crippen LogP contribution >= 0.6 is 30.8 Å². The summed E-state index contributed by atoms with van der Waals surface area (Å²) < 4.78 is 11.8. The van der Waals surface area contributed by atoms with Crippen LogP contribution in [-0.2, 0) is 9.30 Å².